The number of rotatable bonds is 3. The minimum absolute atomic E-state index is 0.0381. The number of hydrogen-bond acceptors (Lipinski definition) is 4. The van der Waals surface area contributed by atoms with Gasteiger partial charge in [-0.15, -0.1) is 0 Å². The summed E-state index contributed by atoms with van der Waals surface area (Å²) in [5.74, 6) is -0.535. The molecule has 0 fully saturated rings. The SMILES string of the molecule is COC(=O)C(N=C=O)C(C)C. The molecule has 0 rings (SSSR count). The van der Waals surface area contributed by atoms with Crippen LogP contribution in [0.25, 0.3) is 0 Å². The van der Waals surface area contributed by atoms with E-state index in [4.69, 9.17) is 0 Å². The Morgan fingerprint density at radius 2 is 2.09 bits per heavy atom. The molecule has 0 radical (unpaired) electrons. The Morgan fingerprint density at radius 3 is 2.36 bits per heavy atom. The van der Waals surface area contributed by atoms with Crippen molar-refractivity contribution >= 4 is 12.0 Å². The molecule has 1 unspecified atom stereocenters. The minimum atomic E-state index is -0.711. The van der Waals surface area contributed by atoms with Crippen LogP contribution in [0.1, 0.15) is 13.8 Å². The second-order valence-corrected chi connectivity index (χ2v) is 2.43. The highest BCUT2D eigenvalue weighted by atomic mass is 16.5. The van der Waals surface area contributed by atoms with E-state index in [9.17, 15) is 9.59 Å². The summed E-state index contributed by atoms with van der Waals surface area (Å²) in [5, 5.41) is 0. The molecular formula is C7H11NO3. The first kappa shape index (κ1) is 9.85. The second-order valence-electron chi connectivity index (χ2n) is 2.43. The van der Waals surface area contributed by atoms with Crippen LogP contribution in [-0.2, 0) is 14.3 Å². The monoisotopic (exact) mass is 157 g/mol. The van der Waals surface area contributed by atoms with E-state index in [2.05, 4.69) is 9.73 Å². The topological polar surface area (TPSA) is 55.7 Å². The van der Waals surface area contributed by atoms with Crippen LogP contribution in [0.4, 0.5) is 0 Å². The van der Waals surface area contributed by atoms with Gasteiger partial charge in [0, 0.05) is 0 Å². The number of ether oxygens (including phenoxy) is 1. The Kier molecular flexibility index (Phi) is 4.15. The number of methoxy groups -OCH3 is 1. The maximum absolute atomic E-state index is 10.8. The Labute approximate surface area is 65.3 Å². The molecule has 1 atom stereocenters. The van der Waals surface area contributed by atoms with Crippen LogP contribution in [0.15, 0.2) is 4.99 Å². The molecule has 0 aliphatic rings. The fraction of sp³-hybridized carbons (Fsp3) is 0.714. The molecule has 62 valence electrons. The van der Waals surface area contributed by atoms with Crippen molar-refractivity contribution in [3.05, 3.63) is 0 Å². The quantitative estimate of drug-likeness (QED) is 0.341. The second kappa shape index (κ2) is 4.63. The van der Waals surface area contributed by atoms with Crippen molar-refractivity contribution < 1.29 is 14.3 Å². The molecule has 0 aliphatic carbocycles. The summed E-state index contributed by atoms with van der Waals surface area (Å²) in [7, 11) is 1.26. The van der Waals surface area contributed by atoms with Gasteiger partial charge in [-0.1, -0.05) is 13.8 Å². The Morgan fingerprint density at radius 1 is 1.55 bits per heavy atom. The van der Waals surface area contributed by atoms with E-state index in [1.165, 1.54) is 13.2 Å². The lowest BCUT2D eigenvalue weighted by molar-refractivity contribution is -0.143. The van der Waals surface area contributed by atoms with E-state index in [0.717, 1.165) is 0 Å². The van der Waals surface area contributed by atoms with E-state index in [0.29, 0.717) is 0 Å². The average Bonchev–Trinajstić information content (AvgIpc) is 1.98. The van der Waals surface area contributed by atoms with Crippen molar-refractivity contribution in [3.8, 4) is 0 Å². The van der Waals surface area contributed by atoms with Crippen LogP contribution in [0.3, 0.4) is 0 Å². The lowest BCUT2D eigenvalue weighted by Crippen LogP contribution is -2.25. The first-order chi connectivity index (χ1) is 5.13. The van der Waals surface area contributed by atoms with Gasteiger partial charge in [-0.05, 0) is 5.92 Å². The normalized spacial score (nSPS) is 12.0. The third-order valence-electron chi connectivity index (χ3n) is 1.27. The maximum atomic E-state index is 10.8. The van der Waals surface area contributed by atoms with Crippen LogP contribution in [-0.4, -0.2) is 25.2 Å². The molecular weight excluding hydrogens is 146 g/mol. The van der Waals surface area contributed by atoms with E-state index < -0.39 is 12.0 Å². The van der Waals surface area contributed by atoms with Gasteiger partial charge in [0.25, 0.3) is 0 Å². The highest BCUT2D eigenvalue weighted by molar-refractivity contribution is 5.77. The zero-order chi connectivity index (χ0) is 8.85. The molecule has 0 saturated heterocycles. The number of carbonyl (C=O) groups is 1. The molecule has 0 aliphatic heterocycles. The van der Waals surface area contributed by atoms with Crippen LogP contribution in [0.5, 0.6) is 0 Å². The van der Waals surface area contributed by atoms with Crippen molar-refractivity contribution in [2.24, 2.45) is 10.9 Å². The lowest BCUT2D eigenvalue weighted by atomic mass is 10.1. The van der Waals surface area contributed by atoms with Gasteiger partial charge in [0.15, 0.2) is 6.04 Å². The van der Waals surface area contributed by atoms with Gasteiger partial charge in [0.1, 0.15) is 0 Å². The molecule has 0 aromatic carbocycles. The average molecular weight is 157 g/mol. The number of isocyanates is 1. The van der Waals surface area contributed by atoms with Crippen molar-refractivity contribution in [2.75, 3.05) is 7.11 Å². The van der Waals surface area contributed by atoms with Gasteiger partial charge in [-0.2, -0.15) is 4.99 Å². The zero-order valence-corrected chi connectivity index (χ0v) is 6.83. The van der Waals surface area contributed by atoms with Gasteiger partial charge in [-0.3, -0.25) is 0 Å². The summed E-state index contributed by atoms with van der Waals surface area (Å²) in [4.78, 5) is 24.0. The number of hydrogen-bond donors (Lipinski definition) is 0. The fourth-order valence-corrected chi connectivity index (χ4v) is 0.651. The first-order valence-electron chi connectivity index (χ1n) is 3.28. The molecule has 0 bridgehead atoms. The Hall–Kier alpha value is -1.15. The molecule has 0 spiro atoms. The van der Waals surface area contributed by atoms with Crippen LogP contribution in [0.2, 0.25) is 0 Å². The number of esters is 1. The van der Waals surface area contributed by atoms with Gasteiger partial charge < -0.3 is 4.74 Å². The van der Waals surface area contributed by atoms with Gasteiger partial charge in [-0.25, -0.2) is 9.59 Å². The highest BCUT2D eigenvalue weighted by Crippen LogP contribution is 2.06. The number of nitrogens with zero attached hydrogens (tertiary/aromatic N) is 1. The molecule has 4 nitrogen and oxygen atoms in total. The maximum Gasteiger partial charge on any atom is 0.331 e. The molecule has 0 aromatic rings. The largest absolute Gasteiger partial charge is 0.467 e. The number of carbonyl (C=O) groups excluding carboxylic acids is 2. The third kappa shape index (κ3) is 2.96. The van der Waals surface area contributed by atoms with Crippen molar-refractivity contribution in [1.29, 1.82) is 0 Å². The summed E-state index contributed by atoms with van der Waals surface area (Å²) in [6, 6.07) is -0.711. The molecule has 0 N–H and O–H groups in total. The molecule has 0 saturated carbocycles. The van der Waals surface area contributed by atoms with E-state index in [-0.39, 0.29) is 5.92 Å². The summed E-state index contributed by atoms with van der Waals surface area (Å²) in [6.45, 7) is 3.56. The van der Waals surface area contributed by atoms with Crippen LogP contribution < -0.4 is 0 Å². The molecule has 0 amide bonds. The van der Waals surface area contributed by atoms with Gasteiger partial charge >= 0.3 is 5.97 Å². The summed E-state index contributed by atoms with van der Waals surface area (Å²) in [5.41, 5.74) is 0. The van der Waals surface area contributed by atoms with Crippen molar-refractivity contribution in [1.82, 2.24) is 0 Å². The predicted molar refractivity (Wildman–Crippen MR) is 38.8 cm³/mol. The molecule has 0 aromatic heterocycles. The highest BCUT2D eigenvalue weighted by Gasteiger charge is 2.21. The van der Waals surface area contributed by atoms with E-state index >= 15 is 0 Å². The van der Waals surface area contributed by atoms with Crippen LogP contribution >= 0.6 is 0 Å². The lowest BCUT2D eigenvalue weighted by Gasteiger charge is -2.10. The summed E-state index contributed by atoms with van der Waals surface area (Å²) >= 11 is 0. The minimum Gasteiger partial charge on any atom is -0.467 e. The number of aliphatic imine (C=N–C) groups is 1. The molecule has 4 heteroatoms. The third-order valence-corrected chi connectivity index (χ3v) is 1.27. The van der Waals surface area contributed by atoms with E-state index in [1.54, 1.807) is 13.8 Å². The summed E-state index contributed by atoms with van der Waals surface area (Å²) in [6.07, 6.45) is 1.34. The van der Waals surface area contributed by atoms with Gasteiger partial charge in [0.2, 0.25) is 6.08 Å². The molecule has 11 heavy (non-hydrogen) atoms. The Bertz CT molecular complexity index is 182. The fourth-order valence-electron chi connectivity index (χ4n) is 0.651. The van der Waals surface area contributed by atoms with Crippen molar-refractivity contribution in [3.63, 3.8) is 0 Å². The first-order valence-corrected chi connectivity index (χ1v) is 3.28. The van der Waals surface area contributed by atoms with Gasteiger partial charge in [0.05, 0.1) is 7.11 Å². The Balaban J connectivity index is 4.33. The molecule has 0 heterocycles. The standard InChI is InChI=1S/C7H11NO3/c1-5(2)6(8-4-9)7(10)11-3/h5-6H,1-3H3. The summed E-state index contributed by atoms with van der Waals surface area (Å²) < 4.78 is 4.41. The zero-order valence-electron chi connectivity index (χ0n) is 6.83. The smallest absolute Gasteiger partial charge is 0.331 e. The predicted octanol–water partition coefficient (Wildman–Crippen LogP) is 0.520. The van der Waals surface area contributed by atoms with E-state index in [1.807, 2.05) is 0 Å². The van der Waals surface area contributed by atoms with Crippen LogP contribution in [0, 0.1) is 5.92 Å². The van der Waals surface area contributed by atoms with Crippen molar-refractivity contribution in [2.45, 2.75) is 19.9 Å².